The van der Waals surface area contributed by atoms with Crippen LogP contribution in [0.3, 0.4) is 0 Å². The third-order valence-corrected chi connectivity index (χ3v) is 6.06. The van der Waals surface area contributed by atoms with E-state index in [0.29, 0.717) is 33.8 Å². The number of imidazole rings is 1. The second-order valence-corrected chi connectivity index (χ2v) is 8.15. The third kappa shape index (κ3) is 3.66. The molecule has 34 heavy (non-hydrogen) atoms. The van der Waals surface area contributed by atoms with Gasteiger partial charge in [0.1, 0.15) is 0 Å². The number of carbonyl (C=O) groups is 1. The molecule has 0 atom stereocenters. The number of aliphatic hydroxyl groups is 1. The highest BCUT2D eigenvalue weighted by Crippen LogP contribution is 2.37. The number of hydrogen-bond acceptors (Lipinski definition) is 4. The molecule has 7 heteroatoms. The topological polar surface area (TPSA) is 85.0 Å². The number of nitrogens with zero attached hydrogens (tertiary/aromatic N) is 4. The fraction of sp³-hybridized carbons (Fsp3) is 0.148. The predicted molar refractivity (Wildman–Crippen MR) is 132 cm³/mol. The Labute approximate surface area is 197 Å². The molecule has 0 unspecified atom stereocenters. The summed E-state index contributed by atoms with van der Waals surface area (Å²) in [4.78, 5) is 17.7. The van der Waals surface area contributed by atoms with Crippen LogP contribution >= 0.6 is 0 Å². The highest BCUT2D eigenvalue weighted by molar-refractivity contribution is 6.05. The van der Waals surface area contributed by atoms with E-state index < -0.39 is 5.60 Å². The van der Waals surface area contributed by atoms with E-state index in [1.165, 1.54) is 0 Å². The number of rotatable bonds is 6. The molecule has 5 aromatic rings. The van der Waals surface area contributed by atoms with Crippen LogP contribution in [-0.2, 0) is 19.2 Å². The van der Waals surface area contributed by atoms with E-state index in [-0.39, 0.29) is 5.91 Å². The maximum atomic E-state index is 12.8. The molecule has 0 fully saturated rings. The lowest BCUT2D eigenvalue weighted by Gasteiger charge is -2.29. The molecule has 0 aliphatic heterocycles. The third-order valence-electron chi connectivity index (χ3n) is 6.06. The number of benzene rings is 3. The zero-order valence-corrected chi connectivity index (χ0v) is 19.0. The van der Waals surface area contributed by atoms with Gasteiger partial charge in [-0.1, -0.05) is 60.7 Å². The fourth-order valence-corrected chi connectivity index (χ4v) is 4.24. The summed E-state index contributed by atoms with van der Waals surface area (Å²) in [7, 11) is 1.87. The first kappa shape index (κ1) is 21.6. The first-order valence-corrected chi connectivity index (χ1v) is 11.2. The second kappa shape index (κ2) is 8.61. The van der Waals surface area contributed by atoms with Crippen LogP contribution in [0.15, 0.2) is 91.1 Å². The lowest BCUT2D eigenvalue weighted by Crippen LogP contribution is -2.32. The van der Waals surface area contributed by atoms with Crippen molar-refractivity contribution in [1.82, 2.24) is 19.3 Å². The number of aromatic nitrogens is 4. The van der Waals surface area contributed by atoms with Gasteiger partial charge in [0.05, 0.1) is 11.0 Å². The van der Waals surface area contributed by atoms with Gasteiger partial charge in [-0.2, -0.15) is 5.10 Å². The van der Waals surface area contributed by atoms with E-state index in [1.807, 2.05) is 91.5 Å². The van der Waals surface area contributed by atoms with Crippen molar-refractivity contribution in [3.63, 3.8) is 0 Å². The number of hydrogen-bond donors (Lipinski definition) is 2. The van der Waals surface area contributed by atoms with Crippen LogP contribution in [0.2, 0.25) is 0 Å². The summed E-state index contributed by atoms with van der Waals surface area (Å²) < 4.78 is 3.62. The molecule has 3 aromatic carbocycles. The Morgan fingerprint density at radius 1 is 0.971 bits per heavy atom. The van der Waals surface area contributed by atoms with Crippen LogP contribution in [0, 0.1) is 0 Å². The molecule has 2 heterocycles. The van der Waals surface area contributed by atoms with Crippen molar-refractivity contribution in [2.24, 2.45) is 7.05 Å². The Bertz CT molecular complexity index is 1420. The molecule has 0 bridgehead atoms. The summed E-state index contributed by atoms with van der Waals surface area (Å²) in [6.07, 6.45) is 1.82. The SMILES string of the molecule is CCn1ccc(NC(=O)c2ccc3c(c2)nc(C(O)(c2ccccc2)c2ccccc2)n3C)n1. The quantitative estimate of drug-likeness (QED) is 0.403. The van der Waals surface area contributed by atoms with Crippen molar-refractivity contribution in [2.75, 3.05) is 5.32 Å². The molecule has 1 amide bonds. The predicted octanol–water partition coefficient (Wildman–Crippen LogP) is 4.33. The molecule has 0 saturated carbocycles. The summed E-state index contributed by atoms with van der Waals surface area (Å²) >= 11 is 0. The van der Waals surface area contributed by atoms with Crippen LogP contribution in [0.5, 0.6) is 0 Å². The molecule has 0 aliphatic rings. The Kier molecular flexibility index (Phi) is 5.47. The summed E-state index contributed by atoms with van der Waals surface area (Å²) in [6, 6.07) is 26.1. The van der Waals surface area contributed by atoms with Gasteiger partial charge in [-0.3, -0.25) is 9.48 Å². The maximum Gasteiger partial charge on any atom is 0.256 e. The zero-order valence-electron chi connectivity index (χ0n) is 19.0. The molecular weight excluding hydrogens is 426 g/mol. The summed E-state index contributed by atoms with van der Waals surface area (Å²) in [6.45, 7) is 2.71. The van der Waals surface area contributed by atoms with E-state index in [0.717, 1.165) is 12.1 Å². The molecule has 0 radical (unpaired) electrons. The molecule has 170 valence electrons. The van der Waals surface area contributed by atoms with Crippen LogP contribution in [0.25, 0.3) is 11.0 Å². The van der Waals surface area contributed by atoms with Crippen LogP contribution in [0.1, 0.15) is 34.2 Å². The van der Waals surface area contributed by atoms with Crippen LogP contribution in [-0.4, -0.2) is 30.3 Å². The van der Waals surface area contributed by atoms with Crippen LogP contribution < -0.4 is 5.32 Å². The summed E-state index contributed by atoms with van der Waals surface area (Å²) in [5.41, 5.74) is 1.85. The first-order chi connectivity index (χ1) is 16.5. The average Bonchev–Trinajstić information content (AvgIpc) is 3.48. The Morgan fingerprint density at radius 2 is 1.62 bits per heavy atom. The monoisotopic (exact) mass is 451 g/mol. The number of nitrogens with one attached hydrogen (secondary N) is 1. The minimum atomic E-state index is -1.47. The van der Waals surface area contributed by atoms with E-state index >= 15 is 0 Å². The van der Waals surface area contributed by atoms with Gasteiger partial charge in [0.2, 0.25) is 0 Å². The Hall–Kier alpha value is -4.23. The number of fused-ring (bicyclic) bond motifs is 1. The molecule has 0 saturated heterocycles. The van der Waals surface area contributed by atoms with Crippen molar-refractivity contribution in [2.45, 2.75) is 19.1 Å². The lowest BCUT2D eigenvalue weighted by atomic mass is 9.85. The zero-order chi connectivity index (χ0) is 23.7. The van der Waals surface area contributed by atoms with Gasteiger partial charge < -0.3 is 15.0 Å². The summed E-state index contributed by atoms with van der Waals surface area (Å²) in [5, 5.41) is 19.3. The van der Waals surface area contributed by atoms with Gasteiger partial charge >= 0.3 is 0 Å². The normalized spacial score (nSPS) is 11.6. The smallest absolute Gasteiger partial charge is 0.256 e. The maximum absolute atomic E-state index is 12.8. The minimum absolute atomic E-state index is 0.267. The molecule has 0 aliphatic carbocycles. The van der Waals surface area contributed by atoms with Gasteiger partial charge in [0.25, 0.3) is 5.91 Å². The van der Waals surface area contributed by atoms with Crippen LogP contribution in [0.4, 0.5) is 5.82 Å². The largest absolute Gasteiger partial charge is 0.373 e. The molecular formula is C27H25N5O2. The van der Waals surface area contributed by atoms with E-state index in [4.69, 9.17) is 4.98 Å². The molecule has 2 aromatic heterocycles. The number of amides is 1. The summed E-state index contributed by atoms with van der Waals surface area (Å²) in [5.74, 6) is 0.701. The molecule has 0 spiro atoms. The number of anilines is 1. The van der Waals surface area contributed by atoms with Gasteiger partial charge in [-0.25, -0.2) is 4.98 Å². The van der Waals surface area contributed by atoms with Gasteiger partial charge in [0.15, 0.2) is 17.2 Å². The number of carbonyl (C=O) groups excluding carboxylic acids is 1. The minimum Gasteiger partial charge on any atom is -0.373 e. The molecule has 5 rings (SSSR count). The lowest BCUT2D eigenvalue weighted by molar-refractivity contribution is 0.102. The Balaban J connectivity index is 1.58. The standard InChI is InChI=1S/C27H25N5O2/c1-3-32-17-16-24(30-32)29-25(33)19-14-15-23-22(18-19)28-26(31(23)2)27(34,20-10-6-4-7-11-20)21-12-8-5-9-13-21/h4-18,34H,3H2,1-2H3,(H,29,30,33). The van der Waals surface area contributed by atoms with E-state index in [2.05, 4.69) is 10.4 Å². The van der Waals surface area contributed by atoms with Crippen molar-refractivity contribution >= 4 is 22.8 Å². The van der Waals surface area contributed by atoms with Gasteiger partial charge in [-0.05, 0) is 36.2 Å². The highest BCUT2D eigenvalue weighted by Gasteiger charge is 2.38. The van der Waals surface area contributed by atoms with E-state index in [9.17, 15) is 9.90 Å². The fourth-order valence-electron chi connectivity index (χ4n) is 4.24. The average molecular weight is 452 g/mol. The highest BCUT2D eigenvalue weighted by atomic mass is 16.3. The van der Waals surface area contributed by atoms with Gasteiger partial charge in [-0.15, -0.1) is 0 Å². The van der Waals surface area contributed by atoms with Crippen molar-refractivity contribution < 1.29 is 9.90 Å². The molecule has 2 N–H and O–H groups in total. The Morgan fingerprint density at radius 3 is 2.21 bits per heavy atom. The first-order valence-electron chi connectivity index (χ1n) is 11.2. The van der Waals surface area contributed by atoms with Crippen molar-refractivity contribution in [3.8, 4) is 0 Å². The second-order valence-electron chi connectivity index (χ2n) is 8.15. The molecule has 7 nitrogen and oxygen atoms in total. The van der Waals surface area contributed by atoms with Crippen molar-refractivity contribution in [1.29, 1.82) is 0 Å². The van der Waals surface area contributed by atoms with Gasteiger partial charge in [0, 0.05) is 31.4 Å². The number of aryl methyl sites for hydroxylation is 2. The van der Waals surface area contributed by atoms with E-state index in [1.54, 1.807) is 22.9 Å². The van der Waals surface area contributed by atoms with Crippen molar-refractivity contribution in [3.05, 3.63) is 114 Å².